The molecule has 5 nitrogen and oxygen atoms in total. The number of halogens is 1. The minimum absolute atomic E-state index is 0.0265. The van der Waals surface area contributed by atoms with Crippen LogP contribution in [0.15, 0.2) is 42.7 Å². The molecule has 2 heterocycles. The van der Waals surface area contributed by atoms with E-state index in [4.69, 9.17) is 0 Å². The molecule has 1 saturated heterocycles. The summed E-state index contributed by atoms with van der Waals surface area (Å²) in [5.74, 6) is -0.874. The maximum absolute atomic E-state index is 13.3. The molecule has 2 aromatic rings. The van der Waals surface area contributed by atoms with E-state index >= 15 is 0 Å². The number of phenols is 1. The van der Waals surface area contributed by atoms with E-state index in [1.165, 1.54) is 6.07 Å². The number of piperidine rings is 1. The zero-order valence-corrected chi connectivity index (χ0v) is 13.3. The molecule has 3 rings (SSSR count). The van der Waals surface area contributed by atoms with Gasteiger partial charge in [0, 0.05) is 49.2 Å². The number of pyridine rings is 1. The van der Waals surface area contributed by atoms with E-state index in [-0.39, 0.29) is 17.7 Å². The van der Waals surface area contributed by atoms with E-state index in [1.54, 1.807) is 36.7 Å². The molecule has 0 saturated carbocycles. The highest BCUT2D eigenvalue weighted by molar-refractivity contribution is 5.94. The molecular formula is C18H20FN3O2. The Kier molecular flexibility index (Phi) is 5.05. The lowest BCUT2D eigenvalue weighted by atomic mass is 10.0. The standard InChI is InChI=1S/C18H20FN3O2/c19-16-3-1-2-14(17(16)23)12-21-15-6-10-22(11-7-15)18(24)13-4-8-20-9-5-13/h1-5,8-9,15,21,23H,6-7,10-12H2. The fourth-order valence-corrected chi connectivity index (χ4v) is 2.92. The molecule has 0 atom stereocenters. The van der Waals surface area contributed by atoms with E-state index in [1.807, 2.05) is 4.90 Å². The summed E-state index contributed by atoms with van der Waals surface area (Å²) in [5.41, 5.74) is 1.20. The van der Waals surface area contributed by atoms with Gasteiger partial charge in [0.2, 0.25) is 0 Å². The number of amides is 1. The summed E-state index contributed by atoms with van der Waals surface area (Å²) in [4.78, 5) is 18.1. The van der Waals surface area contributed by atoms with Crippen molar-refractivity contribution < 1.29 is 14.3 Å². The van der Waals surface area contributed by atoms with Gasteiger partial charge < -0.3 is 15.3 Å². The number of phenolic OH excluding ortho intramolecular Hbond substituents is 1. The number of rotatable bonds is 4. The first-order chi connectivity index (χ1) is 11.6. The van der Waals surface area contributed by atoms with E-state index in [0.717, 1.165) is 12.8 Å². The summed E-state index contributed by atoms with van der Waals surface area (Å²) in [6.07, 6.45) is 4.89. The Morgan fingerprint density at radius 2 is 1.96 bits per heavy atom. The molecule has 0 bridgehead atoms. The van der Waals surface area contributed by atoms with Crippen LogP contribution in [-0.2, 0) is 6.54 Å². The number of carbonyl (C=O) groups is 1. The number of benzene rings is 1. The quantitative estimate of drug-likeness (QED) is 0.903. The lowest BCUT2D eigenvalue weighted by Gasteiger charge is -2.32. The predicted octanol–water partition coefficient (Wildman–Crippen LogP) is 2.32. The smallest absolute Gasteiger partial charge is 0.253 e. The van der Waals surface area contributed by atoms with Crippen molar-refractivity contribution in [2.75, 3.05) is 13.1 Å². The van der Waals surface area contributed by atoms with Gasteiger partial charge in [-0.25, -0.2) is 4.39 Å². The molecule has 1 aliphatic heterocycles. The number of para-hydroxylation sites is 1. The van der Waals surface area contributed by atoms with Gasteiger partial charge in [0.1, 0.15) is 0 Å². The van der Waals surface area contributed by atoms with Crippen molar-refractivity contribution in [1.82, 2.24) is 15.2 Å². The number of aromatic nitrogens is 1. The van der Waals surface area contributed by atoms with E-state index in [9.17, 15) is 14.3 Å². The fraction of sp³-hybridized carbons (Fsp3) is 0.333. The second kappa shape index (κ2) is 7.40. The summed E-state index contributed by atoms with van der Waals surface area (Å²) in [6, 6.07) is 8.21. The van der Waals surface area contributed by atoms with Crippen LogP contribution in [0.1, 0.15) is 28.8 Å². The predicted molar refractivity (Wildman–Crippen MR) is 88.1 cm³/mol. The molecule has 2 N–H and O–H groups in total. The van der Waals surface area contributed by atoms with Gasteiger partial charge in [-0.2, -0.15) is 0 Å². The van der Waals surface area contributed by atoms with Crippen molar-refractivity contribution in [3.05, 3.63) is 59.7 Å². The lowest BCUT2D eigenvalue weighted by Crippen LogP contribution is -2.44. The van der Waals surface area contributed by atoms with Gasteiger partial charge >= 0.3 is 0 Å². The van der Waals surface area contributed by atoms with Crippen molar-refractivity contribution in [3.8, 4) is 5.75 Å². The molecule has 1 amide bonds. The Morgan fingerprint density at radius 1 is 1.25 bits per heavy atom. The molecular weight excluding hydrogens is 309 g/mol. The van der Waals surface area contributed by atoms with Gasteiger partial charge in [-0.15, -0.1) is 0 Å². The number of nitrogens with one attached hydrogen (secondary N) is 1. The van der Waals surface area contributed by atoms with Crippen LogP contribution in [0.2, 0.25) is 0 Å². The molecule has 24 heavy (non-hydrogen) atoms. The zero-order chi connectivity index (χ0) is 16.9. The van der Waals surface area contributed by atoms with Gasteiger partial charge in [0.05, 0.1) is 0 Å². The maximum atomic E-state index is 13.3. The van der Waals surface area contributed by atoms with Crippen LogP contribution in [-0.4, -0.2) is 40.0 Å². The maximum Gasteiger partial charge on any atom is 0.253 e. The van der Waals surface area contributed by atoms with Crippen LogP contribution >= 0.6 is 0 Å². The Balaban J connectivity index is 1.50. The van der Waals surface area contributed by atoms with Crippen molar-refractivity contribution >= 4 is 5.91 Å². The minimum Gasteiger partial charge on any atom is -0.505 e. The van der Waals surface area contributed by atoms with Crippen LogP contribution < -0.4 is 5.32 Å². The van der Waals surface area contributed by atoms with Gasteiger partial charge in [-0.1, -0.05) is 12.1 Å². The van der Waals surface area contributed by atoms with Gasteiger partial charge in [-0.3, -0.25) is 9.78 Å². The Morgan fingerprint density at radius 3 is 2.67 bits per heavy atom. The molecule has 1 aliphatic rings. The molecule has 6 heteroatoms. The van der Waals surface area contributed by atoms with Crippen LogP contribution in [0.4, 0.5) is 4.39 Å². The third-order valence-electron chi connectivity index (χ3n) is 4.36. The Hall–Kier alpha value is -2.47. The van der Waals surface area contributed by atoms with Crippen LogP contribution in [0.25, 0.3) is 0 Å². The summed E-state index contributed by atoms with van der Waals surface area (Å²) in [5, 5.41) is 13.0. The SMILES string of the molecule is O=C(c1ccncc1)N1CCC(NCc2cccc(F)c2O)CC1. The van der Waals surface area contributed by atoms with E-state index < -0.39 is 5.82 Å². The first-order valence-corrected chi connectivity index (χ1v) is 8.04. The van der Waals surface area contributed by atoms with Crippen molar-refractivity contribution in [3.63, 3.8) is 0 Å². The summed E-state index contributed by atoms with van der Waals surface area (Å²) < 4.78 is 13.3. The van der Waals surface area contributed by atoms with Crippen molar-refractivity contribution in [2.45, 2.75) is 25.4 Å². The molecule has 0 unspecified atom stereocenters. The first kappa shape index (κ1) is 16.4. The lowest BCUT2D eigenvalue weighted by molar-refractivity contribution is 0.0704. The second-order valence-electron chi connectivity index (χ2n) is 5.93. The third-order valence-corrected chi connectivity index (χ3v) is 4.36. The second-order valence-corrected chi connectivity index (χ2v) is 5.93. The monoisotopic (exact) mass is 329 g/mol. The van der Waals surface area contributed by atoms with Crippen molar-refractivity contribution in [2.24, 2.45) is 0 Å². The largest absolute Gasteiger partial charge is 0.505 e. The number of nitrogens with zero attached hydrogens (tertiary/aromatic N) is 2. The van der Waals surface area contributed by atoms with E-state index in [0.29, 0.717) is 30.8 Å². The topological polar surface area (TPSA) is 65.5 Å². The molecule has 1 aromatic carbocycles. The van der Waals surface area contributed by atoms with Crippen LogP contribution in [0.3, 0.4) is 0 Å². The molecule has 126 valence electrons. The summed E-state index contributed by atoms with van der Waals surface area (Å²) >= 11 is 0. The molecule has 0 aliphatic carbocycles. The number of aromatic hydroxyl groups is 1. The fourth-order valence-electron chi connectivity index (χ4n) is 2.92. The Bertz CT molecular complexity index is 701. The van der Waals surface area contributed by atoms with E-state index in [2.05, 4.69) is 10.3 Å². The average Bonchev–Trinajstić information content (AvgIpc) is 2.63. The molecule has 0 spiro atoms. The number of hydrogen-bond acceptors (Lipinski definition) is 4. The Labute approximate surface area is 140 Å². The highest BCUT2D eigenvalue weighted by Crippen LogP contribution is 2.21. The molecule has 1 aromatic heterocycles. The van der Waals surface area contributed by atoms with Crippen molar-refractivity contribution in [1.29, 1.82) is 0 Å². The van der Waals surface area contributed by atoms with Gasteiger partial charge in [0.25, 0.3) is 5.91 Å². The number of carbonyl (C=O) groups excluding carboxylic acids is 1. The van der Waals surface area contributed by atoms with Crippen LogP contribution in [0.5, 0.6) is 5.75 Å². The third kappa shape index (κ3) is 3.71. The number of hydrogen-bond donors (Lipinski definition) is 2. The number of likely N-dealkylation sites (tertiary alicyclic amines) is 1. The average molecular weight is 329 g/mol. The highest BCUT2D eigenvalue weighted by Gasteiger charge is 2.23. The summed E-state index contributed by atoms with van der Waals surface area (Å²) in [7, 11) is 0. The first-order valence-electron chi connectivity index (χ1n) is 8.04. The van der Waals surface area contributed by atoms with Gasteiger partial charge in [-0.05, 0) is 31.0 Å². The minimum atomic E-state index is -0.605. The summed E-state index contributed by atoms with van der Waals surface area (Å²) in [6.45, 7) is 1.76. The normalized spacial score (nSPS) is 15.5. The van der Waals surface area contributed by atoms with Gasteiger partial charge in [0.15, 0.2) is 11.6 Å². The molecule has 0 radical (unpaired) electrons. The molecule has 1 fully saturated rings. The van der Waals surface area contributed by atoms with Crippen LogP contribution in [0, 0.1) is 5.82 Å². The zero-order valence-electron chi connectivity index (χ0n) is 13.3. The highest BCUT2D eigenvalue weighted by atomic mass is 19.1.